The van der Waals surface area contributed by atoms with Crippen LogP contribution in [0.15, 0.2) is 5.16 Å². The van der Waals surface area contributed by atoms with Gasteiger partial charge in [0.25, 0.3) is 0 Å². The monoisotopic (exact) mass is 115 g/mol. The molecule has 0 atom stereocenters. The Hall–Kier alpha value is -0.570. The lowest BCUT2D eigenvalue weighted by atomic mass is 10.2. The third-order valence-corrected chi connectivity index (χ3v) is 1.55. The van der Waals surface area contributed by atoms with Crippen molar-refractivity contribution in [3.8, 4) is 0 Å². The topological polar surface area (TPSA) is 52.8 Å². The predicted molar refractivity (Wildman–Crippen MR) is 29.1 cm³/mol. The Bertz CT molecular complexity index is 126. The maximum absolute atomic E-state index is 9.11. The van der Waals surface area contributed by atoms with E-state index in [2.05, 4.69) is 5.16 Å². The van der Waals surface area contributed by atoms with Crippen molar-refractivity contribution in [2.75, 3.05) is 0 Å². The third-order valence-electron chi connectivity index (χ3n) is 1.55. The van der Waals surface area contributed by atoms with Gasteiger partial charge in [0.1, 0.15) is 5.60 Å². The van der Waals surface area contributed by atoms with Crippen LogP contribution in [0.1, 0.15) is 19.8 Å². The normalized spacial score (nSPS) is 25.5. The Morgan fingerprint density at radius 2 is 2.12 bits per heavy atom. The van der Waals surface area contributed by atoms with Gasteiger partial charge in [0.05, 0.1) is 5.71 Å². The predicted octanol–water partition coefficient (Wildman–Crippen LogP) is 0.361. The molecular formula is C5H9NO2. The number of oxime groups is 1. The highest BCUT2D eigenvalue weighted by molar-refractivity contribution is 5.92. The quantitative estimate of drug-likeness (QED) is 0.294. The molecule has 0 aliphatic heterocycles. The molecule has 0 bridgehead atoms. The first-order chi connectivity index (χ1) is 3.69. The van der Waals surface area contributed by atoms with Crippen LogP contribution >= 0.6 is 0 Å². The summed E-state index contributed by atoms with van der Waals surface area (Å²) in [5.74, 6) is 0. The van der Waals surface area contributed by atoms with Crippen LogP contribution in [-0.4, -0.2) is 21.6 Å². The maximum atomic E-state index is 9.11. The zero-order chi connectivity index (χ0) is 6.20. The van der Waals surface area contributed by atoms with Gasteiger partial charge in [-0.2, -0.15) is 0 Å². The lowest BCUT2D eigenvalue weighted by Gasteiger charge is -2.01. The van der Waals surface area contributed by atoms with E-state index in [4.69, 9.17) is 10.3 Å². The van der Waals surface area contributed by atoms with E-state index in [1.165, 1.54) is 0 Å². The van der Waals surface area contributed by atoms with Gasteiger partial charge in [0.15, 0.2) is 0 Å². The molecule has 1 rings (SSSR count). The molecule has 8 heavy (non-hydrogen) atoms. The minimum absolute atomic E-state index is 0.428. The van der Waals surface area contributed by atoms with Crippen molar-refractivity contribution in [1.82, 2.24) is 0 Å². The van der Waals surface area contributed by atoms with Gasteiger partial charge >= 0.3 is 0 Å². The third kappa shape index (κ3) is 0.690. The number of hydrogen-bond donors (Lipinski definition) is 2. The lowest BCUT2D eigenvalue weighted by Crippen LogP contribution is -2.17. The summed E-state index contributed by atoms with van der Waals surface area (Å²) < 4.78 is 0. The Morgan fingerprint density at radius 3 is 2.25 bits per heavy atom. The van der Waals surface area contributed by atoms with Crippen molar-refractivity contribution in [3.05, 3.63) is 0 Å². The second-order valence-electron chi connectivity index (χ2n) is 2.22. The van der Waals surface area contributed by atoms with Gasteiger partial charge in [-0.05, 0) is 19.8 Å². The van der Waals surface area contributed by atoms with Crippen LogP contribution in [0.2, 0.25) is 0 Å². The molecule has 3 nitrogen and oxygen atoms in total. The van der Waals surface area contributed by atoms with E-state index in [9.17, 15) is 0 Å². The molecule has 1 aliphatic carbocycles. The highest BCUT2D eigenvalue weighted by atomic mass is 16.4. The summed E-state index contributed by atoms with van der Waals surface area (Å²) in [7, 11) is 0. The zero-order valence-electron chi connectivity index (χ0n) is 4.76. The fourth-order valence-electron chi connectivity index (χ4n) is 0.573. The molecule has 0 unspecified atom stereocenters. The van der Waals surface area contributed by atoms with Crippen molar-refractivity contribution in [2.45, 2.75) is 25.4 Å². The van der Waals surface area contributed by atoms with Gasteiger partial charge in [-0.15, -0.1) is 0 Å². The molecule has 46 valence electrons. The maximum Gasteiger partial charge on any atom is 0.106 e. The molecule has 2 N–H and O–H groups in total. The smallest absolute Gasteiger partial charge is 0.106 e. The standard InChI is InChI=1S/C5H9NO2/c1-4(6-8)5(7)2-3-5/h7-8H,2-3H2,1H3. The number of rotatable bonds is 1. The Labute approximate surface area is 47.6 Å². The van der Waals surface area contributed by atoms with Crippen molar-refractivity contribution in [3.63, 3.8) is 0 Å². The van der Waals surface area contributed by atoms with E-state index in [1.54, 1.807) is 6.92 Å². The van der Waals surface area contributed by atoms with Crippen LogP contribution < -0.4 is 0 Å². The molecule has 0 amide bonds. The molecule has 1 fully saturated rings. The first-order valence-electron chi connectivity index (χ1n) is 2.60. The van der Waals surface area contributed by atoms with E-state index in [-0.39, 0.29) is 0 Å². The first-order valence-corrected chi connectivity index (χ1v) is 2.60. The van der Waals surface area contributed by atoms with Crippen LogP contribution in [0.3, 0.4) is 0 Å². The van der Waals surface area contributed by atoms with Crippen LogP contribution in [0.5, 0.6) is 0 Å². The molecular weight excluding hydrogens is 106 g/mol. The van der Waals surface area contributed by atoms with E-state index >= 15 is 0 Å². The SMILES string of the molecule is CC(=NO)C1(O)CC1. The van der Waals surface area contributed by atoms with Crippen LogP contribution in [-0.2, 0) is 0 Å². The average molecular weight is 115 g/mol. The Balaban J connectivity index is 2.59. The summed E-state index contributed by atoms with van der Waals surface area (Å²) in [6.07, 6.45) is 1.48. The van der Waals surface area contributed by atoms with E-state index in [0.29, 0.717) is 5.71 Å². The second-order valence-corrected chi connectivity index (χ2v) is 2.22. The summed E-state index contributed by atoms with van der Waals surface area (Å²) in [5, 5.41) is 20.1. The molecule has 1 aliphatic rings. The number of nitrogens with zero attached hydrogens (tertiary/aromatic N) is 1. The highest BCUT2D eigenvalue weighted by Gasteiger charge is 2.43. The van der Waals surface area contributed by atoms with Crippen LogP contribution in [0.25, 0.3) is 0 Å². The van der Waals surface area contributed by atoms with Gasteiger partial charge in [-0.1, -0.05) is 5.16 Å². The summed E-state index contributed by atoms with van der Waals surface area (Å²) in [6, 6.07) is 0. The van der Waals surface area contributed by atoms with Crippen LogP contribution in [0, 0.1) is 0 Å². The van der Waals surface area contributed by atoms with E-state index < -0.39 is 5.60 Å². The summed E-state index contributed by atoms with van der Waals surface area (Å²) >= 11 is 0. The molecule has 0 saturated heterocycles. The van der Waals surface area contributed by atoms with Gasteiger partial charge in [0.2, 0.25) is 0 Å². The molecule has 3 heteroatoms. The van der Waals surface area contributed by atoms with E-state index in [1.807, 2.05) is 0 Å². The molecule has 0 aromatic heterocycles. The fraction of sp³-hybridized carbons (Fsp3) is 0.800. The summed E-state index contributed by atoms with van der Waals surface area (Å²) in [4.78, 5) is 0. The molecule has 0 heterocycles. The largest absolute Gasteiger partial charge is 0.411 e. The Morgan fingerprint density at radius 1 is 1.62 bits per heavy atom. The van der Waals surface area contributed by atoms with E-state index in [0.717, 1.165) is 12.8 Å². The van der Waals surface area contributed by atoms with Gasteiger partial charge in [-0.3, -0.25) is 0 Å². The highest BCUT2D eigenvalue weighted by Crippen LogP contribution is 2.36. The Kier molecular flexibility index (Phi) is 1.01. The van der Waals surface area contributed by atoms with Crippen molar-refractivity contribution in [2.24, 2.45) is 5.16 Å². The minimum atomic E-state index is -0.741. The second kappa shape index (κ2) is 1.45. The van der Waals surface area contributed by atoms with Crippen molar-refractivity contribution >= 4 is 5.71 Å². The summed E-state index contributed by atoms with van der Waals surface area (Å²) in [5.41, 5.74) is -0.313. The van der Waals surface area contributed by atoms with Crippen molar-refractivity contribution in [1.29, 1.82) is 0 Å². The minimum Gasteiger partial charge on any atom is -0.411 e. The molecule has 0 aromatic carbocycles. The molecule has 1 saturated carbocycles. The van der Waals surface area contributed by atoms with Crippen LogP contribution in [0.4, 0.5) is 0 Å². The van der Waals surface area contributed by atoms with Crippen molar-refractivity contribution < 1.29 is 10.3 Å². The van der Waals surface area contributed by atoms with Gasteiger partial charge < -0.3 is 10.3 Å². The van der Waals surface area contributed by atoms with Gasteiger partial charge in [-0.25, -0.2) is 0 Å². The zero-order valence-corrected chi connectivity index (χ0v) is 4.76. The molecule has 0 aromatic rings. The van der Waals surface area contributed by atoms with Gasteiger partial charge in [0, 0.05) is 0 Å². The number of aliphatic hydroxyl groups is 1. The first kappa shape index (κ1) is 5.56. The lowest BCUT2D eigenvalue weighted by molar-refractivity contribution is 0.211. The number of hydrogen-bond acceptors (Lipinski definition) is 3. The molecule has 0 spiro atoms. The summed E-state index contributed by atoms with van der Waals surface area (Å²) in [6.45, 7) is 1.62. The fourth-order valence-corrected chi connectivity index (χ4v) is 0.573. The molecule has 0 radical (unpaired) electrons. The average Bonchev–Trinajstić information content (AvgIpc) is 2.47.